The normalized spacial score (nSPS) is 13.5. The lowest BCUT2D eigenvalue weighted by Gasteiger charge is -2.26. The Kier molecular flexibility index (Phi) is 6.38. The van der Waals surface area contributed by atoms with Crippen LogP contribution in [0.5, 0.6) is 0 Å². The van der Waals surface area contributed by atoms with E-state index >= 15 is 0 Å². The van der Waals surface area contributed by atoms with Crippen LogP contribution in [0.1, 0.15) is 24.6 Å². The number of halogens is 1. The van der Waals surface area contributed by atoms with Gasteiger partial charge in [-0.15, -0.1) is 11.3 Å². The van der Waals surface area contributed by atoms with Crippen molar-refractivity contribution < 1.29 is 9.18 Å². The van der Waals surface area contributed by atoms with Crippen molar-refractivity contribution in [3.63, 3.8) is 0 Å². The molecule has 3 aromatic rings. The molecule has 0 aliphatic heterocycles. The predicted molar refractivity (Wildman–Crippen MR) is 111 cm³/mol. The van der Waals surface area contributed by atoms with Crippen molar-refractivity contribution in [2.45, 2.75) is 19.0 Å². The van der Waals surface area contributed by atoms with Gasteiger partial charge in [0.15, 0.2) is 10.6 Å². The number of thiophene rings is 1. The smallest absolute Gasteiger partial charge is 0.243 e. The van der Waals surface area contributed by atoms with Gasteiger partial charge in [0, 0.05) is 6.54 Å². The van der Waals surface area contributed by atoms with Gasteiger partial charge in [-0.3, -0.25) is 14.5 Å². The van der Waals surface area contributed by atoms with Crippen LogP contribution in [0.4, 0.5) is 4.39 Å². The summed E-state index contributed by atoms with van der Waals surface area (Å²) in [6, 6.07) is 9.58. The van der Waals surface area contributed by atoms with Gasteiger partial charge in [0.1, 0.15) is 11.9 Å². The quantitative estimate of drug-likeness (QED) is 0.572. The van der Waals surface area contributed by atoms with Crippen molar-refractivity contribution in [2.24, 2.45) is 0 Å². The summed E-state index contributed by atoms with van der Waals surface area (Å²) in [5, 5.41) is 11.9. The molecular formula is C19H22FN5OS2. The minimum Gasteiger partial charge on any atom is -0.352 e. The summed E-state index contributed by atoms with van der Waals surface area (Å²) in [5.41, 5.74) is 0.803. The van der Waals surface area contributed by atoms with Crippen LogP contribution in [-0.2, 0) is 4.79 Å². The number of aromatic nitrogens is 3. The van der Waals surface area contributed by atoms with Crippen molar-refractivity contribution in [3.05, 3.63) is 57.9 Å². The van der Waals surface area contributed by atoms with Crippen LogP contribution < -0.4 is 5.32 Å². The second kappa shape index (κ2) is 8.76. The van der Waals surface area contributed by atoms with E-state index in [1.807, 2.05) is 42.6 Å². The third-order valence-electron chi connectivity index (χ3n) is 4.54. The summed E-state index contributed by atoms with van der Waals surface area (Å²) in [6.07, 6.45) is 0. The highest BCUT2D eigenvalue weighted by molar-refractivity contribution is 7.71. The maximum Gasteiger partial charge on any atom is 0.243 e. The Balaban J connectivity index is 1.76. The first-order valence-corrected chi connectivity index (χ1v) is 10.1. The lowest BCUT2D eigenvalue weighted by Crippen LogP contribution is -2.38. The first-order valence-electron chi connectivity index (χ1n) is 8.79. The minimum absolute atomic E-state index is 0.152. The monoisotopic (exact) mass is 419 g/mol. The van der Waals surface area contributed by atoms with Crippen LogP contribution in [-0.4, -0.2) is 46.2 Å². The summed E-state index contributed by atoms with van der Waals surface area (Å²) in [6.45, 7) is 2.13. The Morgan fingerprint density at radius 2 is 2.18 bits per heavy atom. The van der Waals surface area contributed by atoms with Crippen LogP contribution in [0.25, 0.3) is 10.7 Å². The molecule has 148 valence electrons. The van der Waals surface area contributed by atoms with Gasteiger partial charge in [0.05, 0.1) is 10.9 Å². The van der Waals surface area contributed by atoms with E-state index in [2.05, 4.69) is 15.5 Å². The molecule has 1 amide bonds. The van der Waals surface area contributed by atoms with Gasteiger partial charge in [0.2, 0.25) is 5.91 Å². The first kappa shape index (κ1) is 20.4. The van der Waals surface area contributed by atoms with Gasteiger partial charge in [-0.05, 0) is 62.4 Å². The highest BCUT2D eigenvalue weighted by Crippen LogP contribution is 2.26. The molecule has 0 aliphatic carbocycles. The number of rotatable bonds is 7. The van der Waals surface area contributed by atoms with Gasteiger partial charge < -0.3 is 10.2 Å². The Morgan fingerprint density at radius 3 is 2.82 bits per heavy atom. The second-order valence-corrected chi connectivity index (χ2v) is 7.99. The highest BCUT2D eigenvalue weighted by atomic mass is 32.1. The third kappa shape index (κ3) is 4.37. The maximum absolute atomic E-state index is 13.6. The average molecular weight is 420 g/mol. The highest BCUT2D eigenvalue weighted by Gasteiger charge is 2.23. The molecule has 1 aromatic carbocycles. The lowest BCUT2D eigenvalue weighted by atomic mass is 10.1. The third-order valence-corrected chi connectivity index (χ3v) is 5.69. The summed E-state index contributed by atoms with van der Waals surface area (Å²) >= 11 is 6.86. The number of carbonyl (C=O) groups is 1. The largest absolute Gasteiger partial charge is 0.352 e. The van der Waals surface area contributed by atoms with Gasteiger partial charge in [-0.2, -0.15) is 5.10 Å². The zero-order valence-corrected chi connectivity index (χ0v) is 17.5. The summed E-state index contributed by atoms with van der Waals surface area (Å²) in [7, 11) is 3.79. The molecule has 0 saturated carbocycles. The van der Waals surface area contributed by atoms with E-state index in [1.165, 1.54) is 23.5 Å². The van der Waals surface area contributed by atoms with E-state index in [0.717, 1.165) is 10.4 Å². The molecule has 9 heteroatoms. The molecule has 0 aliphatic rings. The molecule has 2 atom stereocenters. The van der Waals surface area contributed by atoms with E-state index in [1.54, 1.807) is 17.6 Å². The fourth-order valence-corrected chi connectivity index (χ4v) is 4.02. The van der Waals surface area contributed by atoms with Crippen molar-refractivity contribution in [1.29, 1.82) is 0 Å². The van der Waals surface area contributed by atoms with E-state index in [9.17, 15) is 9.18 Å². The Bertz CT molecular complexity index is 996. The number of hydrogen-bond donors (Lipinski definition) is 2. The molecule has 0 fully saturated rings. The minimum atomic E-state index is -0.543. The van der Waals surface area contributed by atoms with E-state index in [4.69, 9.17) is 12.2 Å². The first-order chi connectivity index (χ1) is 13.4. The van der Waals surface area contributed by atoms with Crippen molar-refractivity contribution in [2.75, 3.05) is 20.6 Å². The van der Waals surface area contributed by atoms with Crippen molar-refractivity contribution in [1.82, 2.24) is 25.0 Å². The maximum atomic E-state index is 13.6. The van der Waals surface area contributed by atoms with E-state index in [0.29, 0.717) is 17.1 Å². The summed E-state index contributed by atoms with van der Waals surface area (Å²) in [4.78, 5) is 15.7. The van der Waals surface area contributed by atoms with Gasteiger partial charge >= 0.3 is 0 Å². The van der Waals surface area contributed by atoms with Crippen molar-refractivity contribution >= 4 is 29.5 Å². The van der Waals surface area contributed by atoms with E-state index < -0.39 is 6.04 Å². The molecule has 2 unspecified atom stereocenters. The average Bonchev–Trinajstić information content (AvgIpc) is 3.30. The van der Waals surface area contributed by atoms with Crippen LogP contribution in [0, 0.1) is 10.6 Å². The molecule has 0 saturated heterocycles. The van der Waals surface area contributed by atoms with Crippen LogP contribution in [0.15, 0.2) is 41.8 Å². The standard InChI is InChI=1S/C19H22FN5OS2/c1-12(25-17(22-23-19(25)27)16-8-5-9-28-16)18(26)21-11-15(24(2)3)13-6-4-7-14(20)10-13/h4-10,12,15H,11H2,1-3H3,(H,21,26)(H,23,27). The molecule has 0 radical (unpaired) electrons. The molecule has 6 nitrogen and oxygen atoms in total. The van der Waals surface area contributed by atoms with Gasteiger partial charge in [0.25, 0.3) is 0 Å². The van der Waals surface area contributed by atoms with E-state index in [-0.39, 0.29) is 17.8 Å². The van der Waals surface area contributed by atoms with Gasteiger partial charge in [-0.25, -0.2) is 4.39 Å². The van der Waals surface area contributed by atoms with Crippen LogP contribution in [0.3, 0.4) is 0 Å². The lowest BCUT2D eigenvalue weighted by molar-refractivity contribution is -0.124. The Labute approximate surface area is 172 Å². The molecular weight excluding hydrogens is 397 g/mol. The molecule has 2 N–H and O–H groups in total. The summed E-state index contributed by atoms with van der Waals surface area (Å²) < 4.78 is 15.7. The number of aromatic amines is 1. The SMILES string of the molecule is CC(C(=O)NCC(c1cccc(F)c1)N(C)C)n1c(-c2cccs2)n[nH]c1=S. The number of H-pyrrole nitrogens is 1. The van der Waals surface area contributed by atoms with Crippen LogP contribution in [0.2, 0.25) is 0 Å². The molecule has 2 heterocycles. The number of likely N-dealkylation sites (N-methyl/N-ethyl adjacent to an activating group) is 1. The topological polar surface area (TPSA) is 66.0 Å². The number of nitrogens with one attached hydrogen (secondary N) is 2. The number of amides is 1. The molecule has 0 bridgehead atoms. The fourth-order valence-electron chi connectivity index (χ4n) is 3.02. The number of carbonyl (C=O) groups excluding carboxylic acids is 1. The predicted octanol–water partition coefficient (Wildman–Crippen LogP) is 3.79. The Hall–Kier alpha value is -2.36. The second-order valence-electron chi connectivity index (χ2n) is 6.66. The number of benzene rings is 1. The number of nitrogens with zero attached hydrogens (tertiary/aromatic N) is 3. The summed E-state index contributed by atoms with van der Waals surface area (Å²) in [5.74, 6) is 0.157. The Morgan fingerprint density at radius 1 is 1.39 bits per heavy atom. The zero-order chi connectivity index (χ0) is 20.3. The fraction of sp³-hybridized carbons (Fsp3) is 0.316. The number of hydrogen-bond acceptors (Lipinski definition) is 5. The zero-order valence-electron chi connectivity index (χ0n) is 15.8. The molecule has 3 rings (SSSR count). The molecule has 28 heavy (non-hydrogen) atoms. The van der Waals surface area contributed by atoms with Gasteiger partial charge in [-0.1, -0.05) is 18.2 Å². The van der Waals surface area contributed by atoms with Crippen molar-refractivity contribution in [3.8, 4) is 10.7 Å². The van der Waals surface area contributed by atoms with Crippen LogP contribution >= 0.6 is 23.6 Å². The molecule has 2 aromatic heterocycles. The molecule has 0 spiro atoms.